The van der Waals surface area contributed by atoms with E-state index in [9.17, 15) is 19.2 Å². The first-order valence-corrected chi connectivity index (χ1v) is 11.8. The molecule has 0 spiro atoms. The first-order chi connectivity index (χ1) is 17.8. The van der Waals surface area contributed by atoms with Gasteiger partial charge >= 0.3 is 6.03 Å². The summed E-state index contributed by atoms with van der Waals surface area (Å²) in [5.74, 6) is -0.602. The zero-order valence-corrected chi connectivity index (χ0v) is 20.2. The molecule has 188 valence electrons. The van der Waals surface area contributed by atoms with Crippen molar-refractivity contribution in [2.75, 3.05) is 18.7 Å². The lowest BCUT2D eigenvalue weighted by Crippen LogP contribution is -2.51. The average molecular weight is 500 g/mol. The third kappa shape index (κ3) is 4.88. The Balaban J connectivity index is 1.38. The van der Waals surface area contributed by atoms with Gasteiger partial charge in [0.05, 0.1) is 5.69 Å². The van der Waals surface area contributed by atoms with E-state index in [1.54, 1.807) is 0 Å². The van der Waals surface area contributed by atoms with Crippen LogP contribution < -0.4 is 20.1 Å². The first kappa shape index (κ1) is 24.1. The summed E-state index contributed by atoms with van der Waals surface area (Å²) in [6.07, 6.45) is 0.532. The van der Waals surface area contributed by atoms with Gasteiger partial charge < -0.3 is 20.1 Å². The van der Waals surface area contributed by atoms with Gasteiger partial charge in [0, 0.05) is 24.5 Å². The predicted molar refractivity (Wildman–Crippen MR) is 134 cm³/mol. The number of rotatable bonds is 8. The van der Waals surface area contributed by atoms with Crippen molar-refractivity contribution in [1.29, 1.82) is 0 Å². The summed E-state index contributed by atoms with van der Waals surface area (Å²) in [5.41, 5.74) is 0.962. The number of nitrogens with one attached hydrogen (secondary N) is 2. The van der Waals surface area contributed by atoms with Crippen molar-refractivity contribution in [2.45, 2.75) is 25.3 Å². The summed E-state index contributed by atoms with van der Waals surface area (Å²) < 4.78 is 10.7. The highest BCUT2D eigenvalue weighted by Gasteiger charge is 2.51. The van der Waals surface area contributed by atoms with Crippen LogP contribution in [0.2, 0.25) is 0 Å². The van der Waals surface area contributed by atoms with Crippen LogP contribution in [0.3, 0.4) is 0 Å². The van der Waals surface area contributed by atoms with Gasteiger partial charge in [0.15, 0.2) is 17.3 Å². The Morgan fingerprint density at radius 2 is 1.49 bits per heavy atom. The number of amides is 4. The maximum absolute atomic E-state index is 13.7. The van der Waals surface area contributed by atoms with E-state index in [1.807, 2.05) is 60.7 Å². The molecule has 0 atom stereocenters. The number of urea groups is 1. The standard InChI is InChI=1S/C28H25N3O6/c1-18(32)21-12-23-24(37-17-36-23)13-22(21)29-25(33)16-31-26(34)28(30-27(31)35,14-19-8-4-2-5-9-19)15-20-10-6-3-7-11-20/h2-13H,14-17H2,1H3,(H,29,33)(H,30,35). The highest BCUT2D eigenvalue weighted by atomic mass is 16.7. The molecule has 0 bridgehead atoms. The number of ether oxygens (including phenoxy) is 2. The second-order valence-corrected chi connectivity index (χ2v) is 9.08. The van der Waals surface area contributed by atoms with Crippen molar-refractivity contribution < 1.29 is 28.7 Å². The van der Waals surface area contributed by atoms with E-state index in [-0.39, 0.29) is 36.7 Å². The molecule has 2 N–H and O–H groups in total. The van der Waals surface area contributed by atoms with Crippen molar-refractivity contribution in [3.8, 4) is 11.5 Å². The van der Waals surface area contributed by atoms with Gasteiger partial charge in [-0.1, -0.05) is 60.7 Å². The number of imide groups is 1. The molecular weight excluding hydrogens is 474 g/mol. The number of fused-ring (bicyclic) bond motifs is 1. The maximum Gasteiger partial charge on any atom is 0.325 e. The molecule has 3 aromatic carbocycles. The van der Waals surface area contributed by atoms with Gasteiger partial charge in [0.25, 0.3) is 5.91 Å². The van der Waals surface area contributed by atoms with Crippen LogP contribution in [0.1, 0.15) is 28.4 Å². The molecule has 37 heavy (non-hydrogen) atoms. The van der Waals surface area contributed by atoms with Crippen molar-refractivity contribution in [3.05, 3.63) is 89.5 Å². The minimum Gasteiger partial charge on any atom is -0.454 e. The Labute approximate surface area is 213 Å². The van der Waals surface area contributed by atoms with Crippen molar-refractivity contribution in [3.63, 3.8) is 0 Å². The molecule has 9 nitrogen and oxygen atoms in total. The lowest BCUT2D eigenvalue weighted by Gasteiger charge is -2.27. The third-order valence-corrected chi connectivity index (χ3v) is 6.41. The quantitative estimate of drug-likeness (QED) is 0.363. The van der Waals surface area contributed by atoms with Crippen LogP contribution in [0.15, 0.2) is 72.8 Å². The van der Waals surface area contributed by atoms with Crippen LogP contribution in [-0.2, 0) is 22.4 Å². The fourth-order valence-electron chi connectivity index (χ4n) is 4.68. The number of Topliss-reactive ketones (excluding diaryl/α,β-unsaturated/α-hetero) is 1. The van der Waals surface area contributed by atoms with Gasteiger partial charge in [0.2, 0.25) is 12.7 Å². The maximum atomic E-state index is 13.7. The van der Waals surface area contributed by atoms with E-state index in [2.05, 4.69) is 10.6 Å². The predicted octanol–water partition coefficient (Wildman–Crippen LogP) is 3.33. The molecule has 1 saturated heterocycles. The molecule has 2 aliphatic rings. The van der Waals surface area contributed by atoms with Gasteiger partial charge in [-0.15, -0.1) is 0 Å². The molecule has 3 aromatic rings. The number of anilines is 1. The van der Waals surface area contributed by atoms with Crippen LogP contribution in [0.4, 0.5) is 10.5 Å². The Hall–Kier alpha value is -4.66. The van der Waals surface area contributed by atoms with Crippen LogP contribution in [0.25, 0.3) is 0 Å². The van der Waals surface area contributed by atoms with E-state index in [1.165, 1.54) is 19.1 Å². The van der Waals surface area contributed by atoms with Gasteiger partial charge in [-0.25, -0.2) is 4.79 Å². The molecule has 1 fully saturated rings. The minimum atomic E-state index is -1.25. The number of benzene rings is 3. The number of ketones is 1. The number of carbonyl (C=O) groups excluding carboxylic acids is 4. The average Bonchev–Trinajstić information content (AvgIpc) is 3.42. The topological polar surface area (TPSA) is 114 Å². The van der Waals surface area contributed by atoms with E-state index in [0.29, 0.717) is 11.5 Å². The SMILES string of the molecule is CC(=O)c1cc2c(cc1NC(=O)CN1C(=O)NC(Cc3ccccc3)(Cc3ccccc3)C1=O)OCO2. The summed E-state index contributed by atoms with van der Waals surface area (Å²) in [6.45, 7) is 0.866. The fourth-order valence-corrected chi connectivity index (χ4v) is 4.68. The molecule has 2 heterocycles. The third-order valence-electron chi connectivity index (χ3n) is 6.41. The van der Waals surface area contributed by atoms with Crippen LogP contribution in [-0.4, -0.2) is 47.4 Å². The number of hydrogen-bond donors (Lipinski definition) is 2. The van der Waals surface area contributed by atoms with Crippen molar-refractivity contribution in [1.82, 2.24) is 10.2 Å². The van der Waals surface area contributed by atoms with Gasteiger partial charge in [0.1, 0.15) is 12.1 Å². The largest absolute Gasteiger partial charge is 0.454 e. The summed E-state index contributed by atoms with van der Waals surface area (Å²) >= 11 is 0. The second-order valence-electron chi connectivity index (χ2n) is 9.08. The van der Waals surface area contributed by atoms with Gasteiger partial charge in [-0.3, -0.25) is 19.3 Å². The minimum absolute atomic E-state index is 0.0113. The molecule has 0 aliphatic carbocycles. The molecule has 0 saturated carbocycles. The highest BCUT2D eigenvalue weighted by Crippen LogP contribution is 2.37. The van der Waals surface area contributed by atoms with E-state index in [4.69, 9.17) is 9.47 Å². The molecule has 0 aromatic heterocycles. The molecule has 9 heteroatoms. The zero-order chi connectivity index (χ0) is 26.0. The molecule has 5 rings (SSSR count). The fraction of sp³-hybridized carbons (Fsp3) is 0.214. The van der Waals surface area contributed by atoms with Crippen molar-refractivity contribution in [2.24, 2.45) is 0 Å². The van der Waals surface area contributed by atoms with Crippen molar-refractivity contribution >= 4 is 29.3 Å². The summed E-state index contributed by atoms with van der Waals surface area (Å²) in [6, 6.07) is 21.2. The zero-order valence-electron chi connectivity index (χ0n) is 20.2. The number of carbonyl (C=O) groups is 4. The Kier molecular flexibility index (Phi) is 6.35. The van der Waals surface area contributed by atoms with Crippen LogP contribution in [0.5, 0.6) is 11.5 Å². The van der Waals surface area contributed by atoms with Gasteiger partial charge in [-0.2, -0.15) is 0 Å². The Bertz CT molecular complexity index is 1330. The van der Waals surface area contributed by atoms with Gasteiger partial charge in [-0.05, 0) is 24.1 Å². The van der Waals surface area contributed by atoms with E-state index >= 15 is 0 Å². The summed E-state index contributed by atoms with van der Waals surface area (Å²) in [4.78, 5) is 52.8. The monoisotopic (exact) mass is 499 g/mol. The van der Waals surface area contributed by atoms with Crippen LogP contribution in [0, 0.1) is 0 Å². The Morgan fingerprint density at radius 1 is 0.919 bits per heavy atom. The molecule has 0 radical (unpaired) electrons. The second kappa shape index (κ2) is 9.77. The number of nitrogens with zero attached hydrogens (tertiary/aromatic N) is 1. The molecule has 2 aliphatic heterocycles. The summed E-state index contributed by atoms with van der Waals surface area (Å²) in [5, 5.41) is 5.51. The normalized spacial score (nSPS) is 15.4. The summed E-state index contributed by atoms with van der Waals surface area (Å²) in [7, 11) is 0. The smallest absolute Gasteiger partial charge is 0.325 e. The Morgan fingerprint density at radius 3 is 2.05 bits per heavy atom. The van der Waals surface area contributed by atoms with E-state index < -0.39 is 29.9 Å². The molecule has 4 amide bonds. The lowest BCUT2D eigenvalue weighted by molar-refractivity contribution is -0.133. The number of hydrogen-bond acceptors (Lipinski definition) is 6. The van der Waals surface area contributed by atoms with Crippen LogP contribution >= 0.6 is 0 Å². The molecule has 0 unspecified atom stereocenters. The highest BCUT2D eigenvalue weighted by molar-refractivity contribution is 6.11. The lowest BCUT2D eigenvalue weighted by atomic mass is 9.84. The van der Waals surface area contributed by atoms with E-state index in [0.717, 1.165) is 16.0 Å². The first-order valence-electron chi connectivity index (χ1n) is 11.8. The molecular formula is C28H25N3O6.